The van der Waals surface area contributed by atoms with Crippen molar-refractivity contribution >= 4 is 44.1 Å². The summed E-state index contributed by atoms with van der Waals surface area (Å²) in [6.07, 6.45) is 3.19. The molecule has 0 bridgehead atoms. The number of nitrogens with two attached hydrogens (primary N) is 1. The van der Waals surface area contributed by atoms with Crippen LogP contribution in [0.5, 0.6) is 0 Å². The molecule has 4 heteroatoms. The zero-order chi connectivity index (χ0) is 11.3. The Kier molecular flexibility index (Phi) is 2.33. The van der Waals surface area contributed by atoms with E-state index in [-0.39, 0.29) is 0 Å². The molecule has 0 unspecified atom stereocenters. The number of nitrogen functional groups attached to an aromatic ring is 1. The molecule has 1 aromatic heterocycles. The number of aromatic nitrogens is 1. The van der Waals surface area contributed by atoms with Gasteiger partial charge in [-0.2, -0.15) is 0 Å². The molecule has 0 amide bonds. The van der Waals surface area contributed by atoms with Gasteiger partial charge in [0.1, 0.15) is 0 Å². The molecule has 1 heterocycles. The molecule has 0 saturated carbocycles. The SMILES string of the molecule is Nc1c2c(nc3c(Cl)cc(Br)cc13)CCC2. The standard InChI is InChI=1S/C12H10BrClN2/c13-6-4-8-11(15)7-2-1-3-10(7)16-12(8)9(14)5-6/h4-5H,1-3H2,(H2,15,16). The number of fused-ring (bicyclic) bond motifs is 2. The second-order valence-electron chi connectivity index (χ2n) is 4.09. The first-order valence-electron chi connectivity index (χ1n) is 5.23. The molecule has 1 aliphatic rings. The lowest BCUT2D eigenvalue weighted by atomic mass is 10.1. The number of aryl methyl sites for hydroxylation is 1. The van der Waals surface area contributed by atoms with Crippen LogP contribution >= 0.6 is 27.5 Å². The average molecular weight is 298 g/mol. The lowest BCUT2D eigenvalue weighted by molar-refractivity contribution is 0.901. The Balaban J connectivity index is 2.46. The highest BCUT2D eigenvalue weighted by Gasteiger charge is 2.19. The molecule has 1 aliphatic carbocycles. The highest BCUT2D eigenvalue weighted by atomic mass is 79.9. The van der Waals surface area contributed by atoms with E-state index in [0.717, 1.165) is 46.0 Å². The zero-order valence-corrected chi connectivity index (χ0v) is 10.9. The number of rotatable bonds is 0. The van der Waals surface area contributed by atoms with Gasteiger partial charge in [0.2, 0.25) is 0 Å². The van der Waals surface area contributed by atoms with Crippen LogP contribution in [0.25, 0.3) is 10.9 Å². The van der Waals surface area contributed by atoms with Crippen molar-refractivity contribution in [2.24, 2.45) is 0 Å². The van der Waals surface area contributed by atoms with Crippen molar-refractivity contribution in [2.75, 3.05) is 5.73 Å². The smallest absolute Gasteiger partial charge is 0.0913 e. The summed E-state index contributed by atoms with van der Waals surface area (Å²) >= 11 is 9.62. The number of hydrogen-bond acceptors (Lipinski definition) is 2. The third kappa shape index (κ3) is 1.42. The van der Waals surface area contributed by atoms with Crippen LogP contribution < -0.4 is 5.73 Å². The molecule has 0 saturated heterocycles. The summed E-state index contributed by atoms with van der Waals surface area (Å²) in [5, 5.41) is 1.62. The summed E-state index contributed by atoms with van der Waals surface area (Å²) < 4.78 is 0.941. The fourth-order valence-electron chi connectivity index (χ4n) is 2.32. The monoisotopic (exact) mass is 296 g/mol. The third-order valence-corrected chi connectivity index (χ3v) is 3.82. The summed E-state index contributed by atoms with van der Waals surface area (Å²) in [7, 11) is 0. The van der Waals surface area contributed by atoms with Crippen molar-refractivity contribution in [1.82, 2.24) is 4.98 Å². The molecular formula is C12H10BrClN2. The normalized spacial score (nSPS) is 14.4. The molecule has 2 N–H and O–H groups in total. The highest BCUT2D eigenvalue weighted by molar-refractivity contribution is 9.10. The molecule has 0 atom stereocenters. The minimum atomic E-state index is 0.658. The van der Waals surface area contributed by atoms with Crippen molar-refractivity contribution in [3.05, 3.63) is 32.9 Å². The van der Waals surface area contributed by atoms with Gasteiger partial charge >= 0.3 is 0 Å². The van der Waals surface area contributed by atoms with Gasteiger partial charge in [0, 0.05) is 21.2 Å². The van der Waals surface area contributed by atoms with Crippen molar-refractivity contribution < 1.29 is 0 Å². The summed E-state index contributed by atoms with van der Waals surface area (Å²) in [6, 6.07) is 3.85. The number of nitrogens with zero attached hydrogens (tertiary/aromatic N) is 1. The van der Waals surface area contributed by atoms with Crippen LogP contribution in [0.15, 0.2) is 16.6 Å². The van der Waals surface area contributed by atoms with Gasteiger partial charge in [0.15, 0.2) is 0 Å². The summed E-state index contributed by atoms with van der Waals surface area (Å²) in [5.41, 5.74) is 10.2. The zero-order valence-electron chi connectivity index (χ0n) is 8.56. The van der Waals surface area contributed by atoms with E-state index in [1.807, 2.05) is 12.1 Å². The van der Waals surface area contributed by atoms with E-state index in [9.17, 15) is 0 Å². The molecule has 2 nitrogen and oxygen atoms in total. The van der Waals surface area contributed by atoms with E-state index in [1.54, 1.807) is 0 Å². The lowest BCUT2D eigenvalue weighted by Gasteiger charge is -2.09. The van der Waals surface area contributed by atoms with Gasteiger partial charge in [-0.1, -0.05) is 27.5 Å². The van der Waals surface area contributed by atoms with Crippen molar-refractivity contribution in [1.29, 1.82) is 0 Å². The Morgan fingerprint density at radius 3 is 2.94 bits per heavy atom. The first-order valence-corrected chi connectivity index (χ1v) is 6.40. The van der Waals surface area contributed by atoms with Gasteiger partial charge in [-0.05, 0) is 37.0 Å². The molecule has 0 fully saturated rings. The Bertz CT molecular complexity index is 595. The summed E-state index contributed by atoms with van der Waals surface area (Å²) in [6.45, 7) is 0. The second-order valence-corrected chi connectivity index (χ2v) is 5.41. The largest absolute Gasteiger partial charge is 0.398 e. The Morgan fingerprint density at radius 1 is 1.31 bits per heavy atom. The molecule has 0 radical (unpaired) electrons. The van der Waals surface area contributed by atoms with Gasteiger partial charge in [-0.15, -0.1) is 0 Å². The molecule has 82 valence electrons. The molecule has 3 rings (SSSR count). The maximum Gasteiger partial charge on any atom is 0.0913 e. The quantitative estimate of drug-likeness (QED) is 0.805. The van der Waals surface area contributed by atoms with Crippen LogP contribution in [0.1, 0.15) is 17.7 Å². The van der Waals surface area contributed by atoms with Gasteiger partial charge in [0.05, 0.1) is 10.5 Å². The van der Waals surface area contributed by atoms with Crippen molar-refractivity contribution in [2.45, 2.75) is 19.3 Å². The van der Waals surface area contributed by atoms with E-state index in [4.69, 9.17) is 17.3 Å². The predicted molar refractivity (Wildman–Crippen MR) is 70.9 cm³/mol. The average Bonchev–Trinajstić information content (AvgIpc) is 2.68. The van der Waals surface area contributed by atoms with Crippen LogP contribution in [-0.2, 0) is 12.8 Å². The van der Waals surface area contributed by atoms with Crippen LogP contribution in [0.4, 0.5) is 5.69 Å². The van der Waals surface area contributed by atoms with Crippen molar-refractivity contribution in [3.63, 3.8) is 0 Å². The number of hydrogen-bond donors (Lipinski definition) is 1. The van der Waals surface area contributed by atoms with Crippen LogP contribution in [0.2, 0.25) is 5.02 Å². The molecule has 0 spiro atoms. The number of halogens is 2. The van der Waals surface area contributed by atoms with Crippen molar-refractivity contribution in [3.8, 4) is 0 Å². The summed E-state index contributed by atoms with van der Waals surface area (Å²) in [5.74, 6) is 0. The van der Waals surface area contributed by atoms with Crippen LogP contribution in [0, 0.1) is 0 Å². The van der Waals surface area contributed by atoms with Gasteiger partial charge in [-0.3, -0.25) is 4.98 Å². The fourth-order valence-corrected chi connectivity index (χ4v) is 3.17. The highest BCUT2D eigenvalue weighted by Crippen LogP contribution is 2.36. The minimum absolute atomic E-state index is 0.658. The lowest BCUT2D eigenvalue weighted by Crippen LogP contribution is -1.98. The number of benzene rings is 1. The summed E-state index contributed by atoms with van der Waals surface area (Å²) in [4.78, 5) is 4.62. The second kappa shape index (κ2) is 3.60. The van der Waals surface area contributed by atoms with Gasteiger partial charge in [-0.25, -0.2) is 0 Å². The Morgan fingerprint density at radius 2 is 2.12 bits per heavy atom. The van der Waals surface area contributed by atoms with Crippen LogP contribution in [-0.4, -0.2) is 4.98 Å². The van der Waals surface area contributed by atoms with Gasteiger partial charge < -0.3 is 5.73 Å². The third-order valence-electron chi connectivity index (χ3n) is 3.08. The predicted octanol–water partition coefficient (Wildman–Crippen LogP) is 3.72. The number of pyridine rings is 1. The Labute approximate surface area is 107 Å². The molecule has 1 aromatic carbocycles. The molecular weight excluding hydrogens is 288 g/mol. The fraction of sp³-hybridized carbons (Fsp3) is 0.250. The maximum atomic E-state index is 6.19. The first kappa shape index (κ1) is 10.4. The minimum Gasteiger partial charge on any atom is -0.398 e. The van der Waals surface area contributed by atoms with E-state index in [2.05, 4.69) is 20.9 Å². The van der Waals surface area contributed by atoms with Gasteiger partial charge in [0.25, 0.3) is 0 Å². The van der Waals surface area contributed by atoms with E-state index in [0.29, 0.717) is 5.02 Å². The molecule has 2 aromatic rings. The van der Waals surface area contributed by atoms with E-state index in [1.165, 1.54) is 5.56 Å². The van der Waals surface area contributed by atoms with E-state index < -0.39 is 0 Å². The Hall–Kier alpha value is -0.800. The topological polar surface area (TPSA) is 38.9 Å². The van der Waals surface area contributed by atoms with Crippen LogP contribution in [0.3, 0.4) is 0 Å². The molecule has 16 heavy (non-hydrogen) atoms. The maximum absolute atomic E-state index is 6.19. The molecule has 0 aliphatic heterocycles. The van der Waals surface area contributed by atoms with E-state index >= 15 is 0 Å². The first-order chi connectivity index (χ1) is 7.66. The number of anilines is 1.